The van der Waals surface area contributed by atoms with E-state index in [1.54, 1.807) is 24.5 Å². The van der Waals surface area contributed by atoms with Gasteiger partial charge in [0.05, 0.1) is 0 Å². The molecule has 2 aromatic heterocycles. The summed E-state index contributed by atoms with van der Waals surface area (Å²) in [6, 6.07) is 6.64. The molecule has 0 spiro atoms. The van der Waals surface area contributed by atoms with Crippen LogP contribution in [0.1, 0.15) is 10.5 Å². The lowest BCUT2D eigenvalue weighted by atomic mass is 10.1. The molecule has 2 heterocycles. The average Bonchev–Trinajstić information content (AvgIpc) is 2.30. The molecule has 0 amide bonds. The summed E-state index contributed by atoms with van der Waals surface area (Å²) in [6.45, 7) is 0. The Labute approximate surface area is 96.6 Å². The van der Waals surface area contributed by atoms with Gasteiger partial charge in [-0.3, -0.25) is 4.98 Å². The second-order valence-electron chi connectivity index (χ2n) is 3.08. The summed E-state index contributed by atoms with van der Waals surface area (Å²) in [7, 11) is 0. The van der Waals surface area contributed by atoms with Gasteiger partial charge in [-0.05, 0) is 18.2 Å². The highest BCUT2D eigenvalue weighted by atomic mass is 35.5. The maximum Gasteiger partial charge on any atom is 0.354 e. The summed E-state index contributed by atoms with van der Waals surface area (Å²) in [5, 5.41) is 8.90. The van der Waals surface area contributed by atoms with Crippen LogP contribution in [0.15, 0.2) is 36.7 Å². The summed E-state index contributed by atoms with van der Waals surface area (Å²) in [6.07, 6.45) is 3.29. The zero-order valence-electron chi connectivity index (χ0n) is 8.09. The highest BCUT2D eigenvalue weighted by molar-refractivity contribution is 6.32. The SMILES string of the molecule is O=C(O)c1ccc(-c2cccnc2)c(Cl)n1. The number of halogens is 1. The van der Waals surface area contributed by atoms with E-state index >= 15 is 0 Å². The normalized spacial score (nSPS) is 10.1. The smallest absolute Gasteiger partial charge is 0.354 e. The molecular weight excluding hydrogens is 228 g/mol. The van der Waals surface area contributed by atoms with E-state index in [1.165, 1.54) is 6.07 Å². The van der Waals surface area contributed by atoms with Gasteiger partial charge in [0.25, 0.3) is 0 Å². The first-order valence-electron chi connectivity index (χ1n) is 4.49. The van der Waals surface area contributed by atoms with E-state index in [9.17, 15) is 4.79 Å². The van der Waals surface area contributed by atoms with Crippen LogP contribution < -0.4 is 0 Å². The van der Waals surface area contributed by atoms with E-state index in [4.69, 9.17) is 16.7 Å². The number of carboxylic acids is 1. The number of carbonyl (C=O) groups is 1. The molecule has 0 radical (unpaired) electrons. The molecule has 0 aromatic carbocycles. The van der Waals surface area contributed by atoms with Gasteiger partial charge < -0.3 is 5.11 Å². The number of aromatic carboxylic acids is 1. The third kappa shape index (κ3) is 2.01. The van der Waals surface area contributed by atoms with Crippen LogP contribution in [0, 0.1) is 0 Å². The number of hydrogen-bond donors (Lipinski definition) is 1. The topological polar surface area (TPSA) is 63.1 Å². The minimum absolute atomic E-state index is 0.0716. The van der Waals surface area contributed by atoms with E-state index in [1.807, 2.05) is 6.07 Å². The minimum atomic E-state index is -1.10. The second-order valence-corrected chi connectivity index (χ2v) is 3.44. The molecule has 16 heavy (non-hydrogen) atoms. The number of hydrogen-bond acceptors (Lipinski definition) is 3. The Morgan fingerprint density at radius 2 is 2.12 bits per heavy atom. The van der Waals surface area contributed by atoms with Gasteiger partial charge in [0.1, 0.15) is 10.8 Å². The fourth-order valence-electron chi connectivity index (χ4n) is 1.29. The summed E-state index contributed by atoms with van der Waals surface area (Å²) in [4.78, 5) is 18.4. The number of aromatic nitrogens is 2. The van der Waals surface area contributed by atoms with Crippen molar-refractivity contribution < 1.29 is 9.90 Å². The van der Waals surface area contributed by atoms with Crippen LogP contribution in [0.2, 0.25) is 5.15 Å². The lowest BCUT2D eigenvalue weighted by Crippen LogP contribution is -2.00. The van der Waals surface area contributed by atoms with E-state index in [0.29, 0.717) is 5.56 Å². The molecule has 0 saturated carbocycles. The molecular formula is C11H7ClN2O2. The quantitative estimate of drug-likeness (QED) is 0.811. The van der Waals surface area contributed by atoms with Crippen molar-refractivity contribution in [3.63, 3.8) is 0 Å². The van der Waals surface area contributed by atoms with E-state index in [-0.39, 0.29) is 10.8 Å². The molecule has 5 heteroatoms. The molecule has 2 aromatic rings. The van der Waals surface area contributed by atoms with Crippen LogP contribution in [0.3, 0.4) is 0 Å². The molecule has 0 atom stereocenters. The van der Waals surface area contributed by atoms with Crippen molar-refractivity contribution in [2.24, 2.45) is 0 Å². The van der Waals surface area contributed by atoms with Gasteiger partial charge in [-0.25, -0.2) is 9.78 Å². The monoisotopic (exact) mass is 234 g/mol. The predicted octanol–water partition coefficient (Wildman–Crippen LogP) is 2.50. The first kappa shape index (κ1) is 10.6. The molecule has 0 bridgehead atoms. The molecule has 0 saturated heterocycles. The average molecular weight is 235 g/mol. The molecule has 2 rings (SSSR count). The highest BCUT2D eigenvalue weighted by Crippen LogP contribution is 2.25. The van der Waals surface area contributed by atoms with E-state index < -0.39 is 5.97 Å². The van der Waals surface area contributed by atoms with Crippen LogP contribution in [0.25, 0.3) is 11.1 Å². The molecule has 0 unspecified atom stereocenters. The Bertz CT molecular complexity index is 529. The first-order valence-corrected chi connectivity index (χ1v) is 4.86. The van der Waals surface area contributed by atoms with Crippen molar-refractivity contribution in [2.45, 2.75) is 0 Å². The minimum Gasteiger partial charge on any atom is -0.477 e. The molecule has 0 aliphatic rings. The Hall–Kier alpha value is -1.94. The lowest BCUT2D eigenvalue weighted by Gasteiger charge is -2.03. The highest BCUT2D eigenvalue weighted by Gasteiger charge is 2.09. The maximum absolute atomic E-state index is 10.7. The Morgan fingerprint density at radius 3 is 2.69 bits per heavy atom. The van der Waals surface area contributed by atoms with Gasteiger partial charge in [0.15, 0.2) is 0 Å². The van der Waals surface area contributed by atoms with Crippen LogP contribution in [0.4, 0.5) is 0 Å². The van der Waals surface area contributed by atoms with Gasteiger partial charge in [-0.2, -0.15) is 0 Å². The maximum atomic E-state index is 10.7. The summed E-state index contributed by atoms with van der Waals surface area (Å²) in [5.74, 6) is -1.10. The lowest BCUT2D eigenvalue weighted by molar-refractivity contribution is 0.0690. The molecule has 0 fully saturated rings. The van der Waals surface area contributed by atoms with Crippen molar-refractivity contribution in [3.8, 4) is 11.1 Å². The molecule has 0 aliphatic carbocycles. The van der Waals surface area contributed by atoms with Crippen molar-refractivity contribution in [1.29, 1.82) is 0 Å². The van der Waals surface area contributed by atoms with Crippen LogP contribution in [0.5, 0.6) is 0 Å². The van der Waals surface area contributed by atoms with Gasteiger partial charge in [0, 0.05) is 23.5 Å². The number of carboxylic acid groups (broad SMARTS) is 1. The fourth-order valence-corrected chi connectivity index (χ4v) is 1.55. The molecule has 1 N–H and O–H groups in total. The standard InChI is InChI=1S/C11H7ClN2O2/c12-10-8(7-2-1-5-13-6-7)3-4-9(14-10)11(15)16/h1-6H,(H,15,16). The zero-order valence-corrected chi connectivity index (χ0v) is 8.85. The van der Waals surface area contributed by atoms with Crippen LogP contribution >= 0.6 is 11.6 Å². The Balaban J connectivity index is 2.48. The van der Waals surface area contributed by atoms with Crippen molar-refractivity contribution in [1.82, 2.24) is 9.97 Å². The second kappa shape index (κ2) is 4.28. The number of rotatable bonds is 2. The predicted molar refractivity (Wildman–Crippen MR) is 59.4 cm³/mol. The van der Waals surface area contributed by atoms with Gasteiger partial charge in [-0.15, -0.1) is 0 Å². The molecule has 0 aliphatic heterocycles. The fraction of sp³-hybridized carbons (Fsp3) is 0. The van der Waals surface area contributed by atoms with Crippen molar-refractivity contribution >= 4 is 17.6 Å². The first-order chi connectivity index (χ1) is 7.68. The summed E-state index contributed by atoms with van der Waals surface area (Å²) < 4.78 is 0. The zero-order chi connectivity index (χ0) is 11.5. The van der Waals surface area contributed by atoms with Crippen LogP contribution in [-0.2, 0) is 0 Å². The van der Waals surface area contributed by atoms with E-state index in [0.717, 1.165) is 5.56 Å². The van der Waals surface area contributed by atoms with Crippen LogP contribution in [-0.4, -0.2) is 21.0 Å². The summed E-state index contributed by atoms with van der Waals surface area (Å²) >= 11 is 5.91. The van der Waals surface area contributed by atoms with Crippen molar-refractivity contribution in [2.75, 3.05) is 0 Å². The largest absolute Gasteiger partial charge is 0.477 e. The van der Waals surface area contributed by atoms with Gasteiger partial charge in [0.2, 0.25) is 0 Å². The third-order valence-electron chi connectivity index (χ3n) is 2.04. The third-order valence-corrected chi connectivity index (χ3v) is 2.33. The van der Waals surface area contributed by atoms with Gasteiger partial charge in [-0.1, -0.05) is 17.7 Å². The number of pyridine rings is 2. The summed E-state index contributed by atoms with van der Waals surface area (Å²) in [5.41, 5.74) is 1.40. The number of nitrogens with zero attached hydrogens (tertiary/aromatic N) is 2. The van der Waals surface area contributed by atoms with Gasteiger partial charge >= 0.3 is 5.97 Å². The Morgan fingerprint density at radius 1 is 1.31 bits per heavy atom. The van der Waals surface area contributed by atoms with E-state index in [2.05, 4.69) is 9.97 Å². The molecule has 4 nitrogen and oxygen atoms in total. The van der Waals surface area contributed by atoms with Crippen molar-refractivity contribution in [3.05, 3.63) is 47.5 Å². The molecule has 80 valence electrons. The Kier molecular flexibility index (Phi) is 2.83.